The van der Waals surface area contributed by atoms with E-state index in [0.717, 1.165) is 57.5 Å². The molecule has 29 heavy (non-hydrogen) atoms. The Morgan fingerprint density at radius 3 is 2.72 bits per heavy atom. The molecule has 4 aromatic heterocycles. The lowest BCUT2D eigenvalue weighted by Crippen LogP contribution is -2.29. The maximum absolute atomic E-state index is 4.60. The number of nitrogens with zero attached hydrogens (tertiary/aromatic N) is 4. The Morgan fingerprint density at radius 1 is 0.931 bits per heavy atom. The van der Waals surface area contributed by atoms with E-state index >= 15 is 0 Å². The molecule has 7 heteroatoms. The average Bonchev–Trinajstić information content (AvgIpc) is 3.52. The lowest BCUT2D eigenvalue weighted by molar-refractivity contribution is 0.579. The number of anilines is 1. The number of piperidine rings is 1. The topological polar surface area (TPSA) is 89.3 Å². The molecule has 0 atom stereocenters. The molecule has 7 nitrogen and oxygen atoms in total. The van der Waals surface area contributed by atoms with Gasteiger partial charge in [0.2, 0.25) is 0 Å². The molecule has 5 aromatic rings. The van der Waals surface area contributed by atoms with Crippen molar-refractivity contribution in [2.75, 3.05) is 18.0 Å². The van der Waals surface area contributed by atoms with Gasteiger partial charge in [-0.2, -0.15) is 10.2 Å². The molecule has 1 fully saturated rings. The van der Waals surface area contributed by atoms with Gasteiger partial charge in [0, 0.05) is 47.5 Å². The summed E-state index contributed by atoms with van der Waals surface area (Å²) in [6.07, 6.45) is 9.45. The van der Waals surface area contributed by atoms with Gasteiger partial charge >= 0.3 is 0 Å². The van der Waals surface area contributed by atoms with Crippen LogP contribution in [0.1, 0.15) is 19.3 Å². The third-order valence-electron chi connectivity index (χ3n) is 5.86. The molecule has 0 unspecified atom stereocenters. The van der Waals surface area contributed by atoms with Crippen molar-refractivity contribution in [3.8, 4) is 22.5 Å². The summed E-state index contributed by atoms with van der Waals surface area (Å²) in [6.45, 7) is 2.22. The summed E-state index contributed by atoms with van der Waals surface area (Å²) in [4.78, 5) is 10.5. The van der Waals surface area contributed by atoms with Crippen LogP contribution in [0.25, 0.3) is 44.5 Å². The van der Waals surface area contributed by atoms with Crippen molar-refractivity contribution in [3.05, 3.63) is 48.9 Å². The van der Waals surface area contributed by atoms with Crippen LogP contribution in [0.15, 0.2) is 48.9 Å². The molecule has 3 N–H and O–H groups in total. The first-order valence-electron chi connectivity index (χ1n) is 10.1. The minimum atomic E-state index is 0.908. The Balaban J connectivity index is 1.48. The number of fused-ring (bicyclic) bond motifs is 2. The summed E-state index contributed by atoms with van der Waals surface area (Å²) in [5, 5.41) is 16.9. The van der Waals surface area contributed by atoms with E-state index in [1.54, 1.807) is 0 Å². The Hall–Kier alpha value is -3.61. The number of nitrogens with one attached hydrogen (secondary N) is 3. The van der Waals surface area contributed by atoms with E-state index in [-0.39, 0.29) is 0 Å². The van der Waals surface area contributed by atoms with Crippen LogP contribution in [0.5, 0.6) is 0 Å². The van der Waals surface area contributed by atoms with Gasteiger partial charge in [0.15, 0.2) is 0 Å². The number of aromatic nitrogens is 6. The molecule has 1 aliphatic rings. The minimum Gasteiger partial charge on any atom is -0.371 e. The zero-order valence-electron chi connectivity index (χ0n) is 15.9. The highest BCUT2D eigenvalue weighted by Gasteiger charge is 2.18. The number of aromatic amines is 3. The largest absolute Gasteiger partial charge is 0.371 e. The number of rotatable bonds is 3. The van der Waals surface area contributed by atoms with E-state index in [1.807, 2.05) is 18.6 Å². The van der Waals surface area contributed by atoms with Gasteiger partial charge in [-0.3, -0.25) is 10.2 Å². The van der Waals surface area contributed by atoms with Gasteiger partial charge in [-0.05, 0) is 49.1 Å². The lowest BCUT2D eigenvalue weighted by atomic mass is 10.1. The molecule has 5 heterocycles. The molecule has 0 amide bonds. The van der Waals surface area contributed by atoms with Crippen molar-refractivity contribution in [3.63, 3.8) is 0 Å². The predicted octanol–water partition coefficient (Wildman–Crippen LogP) is 4.49. The second-order valence-electron chi connectivity index (χ2n) is 7.64. The maximum Gasteiger partial charge on any atom is 0.139 e. The molecule has 0 spiro atoms. The van der Waals surface area contributed by atoms with Gasteiger partial charge in [-0.1, -0.05) is 6.07 Å². The third-order valence-corrected chi connectivity index (χ3v) is 5.86. The second-order valence-corrected chi connectivity index (χ2v) is 7.64. The minimum absolute atomic E-state index is 0.908. The quantitative estimate of drug-likeness (QED) is 0.428. The number of pyridine rings is 1. The fraction of sp³-hybridized carbons (Fsp3) is 0.227. The highest BCUT2D eigenvalue weighted by molar-refractivity contribution is 5.99. The lowest BCUT2D eigenvalue weighted by Gasteiger charge is -2.29. The van der Waals surface area contributed by atoms with E-state index in [1.165, 1.54) is 24.9 Å². The highest BCUT2D eigenvalue weighted by atomic mass is 15.1. The molecule has 1 aromatic carbocycles. The number of H-pyrrole nitrogens is 3. The molecule has 6 rings (SSSR count). The summed E-state index contributed by atoms with van der Waals surface area (Å²) in [7, 11) is 0. The van der Waals surface area contributed by atoms with Gasteiger partial charge < -0.3 is 9.88 Å². The molecule has 1 saturated heterocycles. The molecule has 144 valence electrons. The van der Waals surface area contributed by atoms with Crippen LogP contribution in [-0.2, 0) is 0 Å². The fourth-order valence-corrected chi connectivity index (χ4v) is 4.36. The monoisotopic (exact) mass is 383 g/mol. The van der Waals surface area contributed by atoms with Gasteiger partial charge in [0.25, 0.3) is 0 Å². The van der Waals surface area contributed by atoms with E-state index in [9.17, 15) is 0 Å². The molecule has 0 saturated carbocycles. The van der Waals surface area contributed by atoms with Crippen molar-refractivity contribution in [2.24, 2.45) is 0 Å². The number of hydrogen-bond acceptors (Lipinski definition) is 4. The van der Waals surface area contributed by atoms with Gasteiger partial charge in [-0.25, -0.2) is 4.98 Å². The summed E-state index contributed by atoms with van der Waals surface area (Å²) in [5.41, 5.74) is 7.24. The zero-order chi connectivity index (χ0) is 19.2. The fourth-order valence-electron chi connectivity index (χ4n) is 4.36. The molecule has 0 bridgehead atoms. The third kappa shape index (κ3) is 2.69. The second kappa shape index (κ2) is 6.48. The number of benzene rings is 1. The van der Waals surface area contributed by atoms with Crippen molar-refractivity contribution in [2.45, 2.75) is 19.3 Å². The van der Waals surface area contributed by atoms with Crippen LogP contribution in [-0.4, -0.2) is 43.5 Å². The SMILES string of the molecule is c1cc(N2CCCCC2)c2cc(-c3n[nH]c4ccc(-c5cn[nH]c5)cc34)[nH]c2n1. The highest BCUT2D eigenvalue weighted by Crippen LogP contribution is 2.34. The molecular formula is C22H21N7. The maximum atomic E-state index is 4.60. The van der Waals surface area contributed by atoms with Crippen molar-refractivity contribution >= 4 is 27.6 Å². The Bertz CT molecular complexity index is 1290. The van der Waals surface area contributed by atoms with Crippen LogP contribution in [0, 0.1) is 0 Å². The van der Waals surface area contributed by atoms with Crippen molar-refractivity contribution in [1.29, 1.82) is 0 Å². The van der Waals surface area contributed by atoms with Crippen LogP contribution in [0.3, 0.4) is 0 Å². The van der Waals surface area contributed by atoms with E-state index in [4.69, 9.17) is 0 Å². The average molecular weight is 383 g/mol. The Kier molecular flexibility index (Phi) is 3.65. The first kappa shape index (κ1) is 16.4. The molecular weight excluding hydrogens is 362 g/mol. The predicted molar refractivity (Wildman–Crippen MR) is 115 cm³/mol. The Morgan fingerprint density at radius 2 is 1.86 bits per heavy atom. The summed E-state index contributed by atoms with van der Waals surface area (Å²) in [6, 6.07) is 10.6. The number of hydrogen-bond donors (Lipinski definition) is 3. The van der Waals surface area contributed by atoms with Crippen molar-refractivity contribution in [1.82, 2.24) is 30.4 Å². The summed E-state index contributed by atoms with van der Waals surface area (Å²) < 4.78 is 0. The molecule has 0 radical (unpaired) electrons. The van der Waals surface area contributed by atoms with E-state index in [2.05, 4.69) is 65.6 Å². The van der Waals surface area contributed by atoms with Crippen LogP contribution in [0.4, 0.5) is 5.69 Å². The summed E-state index contributed by atoms with van der Waals surface area (Å²) >= 11 is 0. The first-order chi connectivity index (χ1) is 14.4. The normalized spacial score (nSPS) is 14.8. The van der Waals surface area contributed by atoms with Gasteiger partial charge in [0.05, 0.1) is 17.4 Å². The summed E-state index contributed by atoms with van der Waals surface area (Å²) in [5.74, 6) is 0. The zero-order valence-corrected chi connectivity index (χ0v) is 15.9. The van der Waals surface area contributed by atoms with E-state index in [0.29, 0.717) is 0 Å². The first-order valence-corrected chi connectivity index (χ1v) is 10.1. The van der Waals surface area contributed by atoms with E-state index < -0.39 is 0 Å². The van der Waals surface area contributed by atoms with Crippen LogP contribution >= 0.6 is 0 Å². The smallest absolute Gasteiger partial charge is 0.139 e. The van der Waals surface area contributed by atoms with Gasteiger partial charge in [0.1, 0.15) is 11.3 Å². The standard InChI is InChI=1S/C22H21N7/c1-2-8-29(9-3-1)20-6-7-23-22-17(20)11-19(26-22)21-16-10-14(15-12-24-25-13-15)4-5-18(16)27-28-21/h4-7,10-13H,1-3,8-9H2,(H,23,26)(H,24,25)(H,27,28). The molecule has 0 aliphatic carbocycles. The van der Waals surface area contributed by atoms with Gasteiger partial charge in [-0.15, -0.1) is 0 Å². The van der Waals surface area contributed by atoms with Crippen LogP contribution < -0.4 is 4.90 Å². The van der Waals surface area contributed by atoms with Crippen LogP contribution in [0.2, 0.25) is 0 Å². The van der Waals surface area contributed by atoms with Crippen molar-refractivity contribution < 1.29 is 0 Å². The molecule has 1 aliphatic heterocycles. The Labute approximate surface area is 167 Å².